The summed E-state index contributed by atoms with van der Waals surface area (Å²) in [4.78, 5) is 1.10. The molecule has 0 saturated heterocycles. The van der Waals surface area contributed by atoms with Gasteiger partial charge < -0.3 is 0 Å². The molecule has 0 bridgehead atoms. The number of hydrogen-bond acceptors (Lipinski definition) is 1. The quantitative estimate of drug-likeness (QED) is 0.733. The summed E-state index contributed by atoms with van der Waals surface area (Å²) in [7, 11) is 0. The molecule has 0 amide bonds. The predicted molar refractivity (Wildman–Crippen MR) is 60.1 cm³/mol. The zero-order valence-electron chi connectivity index (χ0n) is 7.68. The fourth-order valence-electron chi connectivity index (χ4n) is 0.812. The van der Waals surface area contributed by atoms with Crippen molar-refractivity contribution in [1.29, 1.82) is 0 Å². The third-order valence-electron chi connectivity index (χ3n) is 1.38. The van der Waals surface area contributed by atoms with E-state index in [0.717, 1.165) is 9.37 Å². The molecule has 0 radical (unpaired) electrons. The molecule has 0 nitrogen and oxygen atoms in total. The Balaban J connectivity index is 2.55. The van der Waals surface area contributed by atoms with Crippen LogP contribution in [0.15, 0.2) is 33.6 Å². The van der Waals surface area contributed by atoms with Crippen LogP contribution in [-0.2, 0) is 0 Å². The lowest BCUT2D eigenvalue weighted by Crippen LogP contribution is -2.14. The van der Waals surface area contributed by atoms with Crippen LogP contribution in [0.1, 0.15) is 13.8 Å². The highest BCUT2D eigenvalue weighted by atomic mass is 79.9. The molecule has 1 rings (SSSR count). The molecule has 13 heavy (non-hydrogen) atoms. The van der Waals surface area contributed by atoms with Crippen LogP contribution in [0.2, 0.25) is 0 Å². The van der Waals surface area contributed by atoms with Crippen molar-refractivity contribution in [2.75, 3.05) is 5.75 Å². The average Bonchev–Trinajstić information content (AvgIpc) is 2.00. The van der Waals surface area contributed by atoms with E-state index in [1.807, 2.05) is 24.3 Å². The van der Waals surface area contributed by atoms with Gasteiger partial charge in [-0.05, 0) is 32.0 Å². The van der Waals surface area contributed by atoms with Crippen molar-refractivity contribution in [3.63, 3.8) is 0 Å². The molecule has 0 aromatic heterocycles. The number of thioether (sulfide) groups is 1. The number of hydrogen-bond donors (Lipinski definition) is 0. The van der Waals surface area contributed by atoms with Crippen LogP contribution in [0.25, 0.3) is 0 Å². The van der Waals surface area contributed by atoms with Gasteiger partial charge in [-0.25, -0.2) is 4.39 Å². The Bertz CT molecular complexity index is 280. The van der Waals surface area contributed by atoms with Crippen LogP contribution in [0, 0.1) is 0 Å². The first-order valence-corrected chi connectivity index (χ1v) is 5.82. The second kappa shape index (κ2) is 4.47. The molecule has 0 heterocycles. The van der Waals surface area contributed by atoms with Crippen molar-refractivity contribution in [2.45, 2.75) is 24.4 Å². The van der Waals surface area contributed by atoms with E-state index in [4.69, 9.17) is 0 Å². The Kier molecular flexibility index (Phi) is 3.80. The second-order valence-electron chi connectivity index (χ2n) is 3.46. The molecule has 1 aromatic rings. The molecule has 3 heteroatoms. The molecule has 0 aliphatic heterocycles. The van der Waals surface area contributed by atoms with Gasteiger partial charge in [-0.3, -0.25) is 0 Å². The van der Waals surface area contributed by atoms with E-state index in [1.54, 1.807) is 13.8 Å². The van der Waals surface area contributed by atoms with Gasteiger partial charge in [-0.2, -0.15) is 0 Å². The van der Waals surface area contributed by atoms with Gasteiger partial charge in [-0.1, -0.05) is 22.0 Å². The molecule has 1 aromatic carbocycles. The molecule has 0 unspecified atom stereocenters. The van der Waals surface area contributed by atoms with Gasteiger partial charge in [-0.15, -0.1) is 11.8 Å². The Labute approximate surface area is 91.0 Å². The Hall–Kier alpha value is -0.0200. The zero-order chi connectivity index (χ0) is 9.90. The molecule has 0 spiro atoms. The van der Waals surface area contributed by atoms with Crippen LogP contribution in [-0.4, -0.2) is 11.4 Å². The van der Waals surface area contributed by atoms with E-state index >= 15 is 0 Å². The maximum Gasteiger partial charge on any atom is 0.114 e. The van der Waals surface area contributed by atoms with E-state index < -0.39 is 5.67 Å². The molecule has 0 saturated carbocycles. The fourth-order valence-corrected chi connectivity index (χ4v) is 2.26. The summed E-state index contributed by atoms with van der Waals surface area (Å²) < 4.78 is 14.2. The zero-order valence-corrected chi connectivity index (χ0v) is 10.1. The van der Waals surface area contributed by atoms with Gasteiger partial charge >= 0.3 is 0 Å². The maximum absolute atomic E-state index is 13.1. The number of rotatable bonds is 3. The highest BCUT2D eigenvalue weighted by Crippen LogP contribution is 2.26. The number of alkyl halides is 1. The van der Waals surface area contributed by atoms with E-state index in [1.165, 1.54) is 11.8 Å². The fraction of sp³-hybridized carbons (Fsp3) is 0.400. The molecule has 72 valence electrons. The van der Waals surface area contributed by atoms with Gasteiger partial charge in [0.05, 0.1) is 0 Å². The van der Waals surface area contributed by atoms with Crippen molar-refractivity contribution in [3.05, 3.63) is 28.7 Å². The van der Waals surface area contributed by atoms with Gasteiger partial charge in [0.1, 0.15) is 5.67 Å². The summed E-state index contributed by atoms with van der Waals surface area (Å²) in [6, 6.07) is 7.90. The first-order valence-electron chi connectivity index (χ1n) is 4.05. The van der Waals surface area contributed by atoms with Crippen LogP contribution in [0.3, 0.4) is 0 Å². The SMILES string of the molecule is CC(C)(F)CSc1cccc(Br)c1. The van der Waals surface area contributed by atoms with Crippen LogP contribution in [0.4, 0.5) is 4.39 Å². The second-order valence-corrected chi connectivity index (χ2v) is 5.43. The van der Waals surface area contributed by atoms with E-state index in [-0.39, 0.29) is 0 Å². The molecular formula is C10H12BrFS. The highest BCUT2D eigenvalue weighted by Gasteiger charge is 2.15. The molecule has 0 aliphatic rings. The van der Waals surface area contributed by atoms with Crippen molar-refractivity contribution in [3.8, 4) is 0 Å². The van der Waals surface area contributed by atoms with Crippen molar-refractivity contribution >= 4 is 27.7 Å². The third kappa shape index (κ3) is 4.67. The molecule has 0 aliphatic carbocycles. The summed E-state index contributed by atoms with van der Waals surface area (Å²) in [6.45, 7) is 3.19. The maximum atomic E-state index is 13.1. The first-order chi connectivity index (χ1) is 5.97. The van der Waals surface area contributed by atoms with Gasteiger partial charge in [0.15, 0.2) is 0 Å². The molecule has 0 atom stereocenters. The van der Waals surface area contributed by atoms with Crippen molar-refractivity contribution in [2.24, 2.45) is 0 Å². The average molecular weight is 263 g/mol. The summed E-state index contributed by atoms with van der Waals surface area (Å²) in [5.41, 5.74) is -1.10. The minimum Gasteiger partial charge on any atom is -0.244 e. The van der Waals surface area contributed by atoms with E-state index in [0.29, 0.717) is 5.75 Å². The van der Waals surface area contributed by atoms with Gasteiger partial charge in [0.25, 0.3) is 0 Å². The summed E-state index contributed by atoms with van der Waals surface area (Å²) in [6.07, 6.45) is 0. The lowest BCUT2D eigenvalue weighted by atomic mass is 10.2. The van der Waals surface area contributed by atoms with Crippen LogP contribution in [0.5, 0.6) is 0 Å². The smallest absolute Gasteiger partial charge is 0.114 e. The third-order valence-corrected chi connectivity index (χ3v) is 3.29. The van der Waals surface area contributed by atoms with Gasteiger partial charge in [0.2, 0.25) is 0 Å². The monoisotopic (exact) mass is 262 g/mol. The van der Waals surface area contributed by atoms with Crippen LogP contribution < -0.4 is 0 Å². The topological polar surface area (TPSA) is 0 Å². The number of halogens is 2. The Morgan fingerprint density at radius 1 is 1.46 bits per heavy atom. The summed E-state index contributed by atoms with van der Waals surface area (Å²) >= 11 is 4.91. The van der Waals surface area contributed by atoms with E-state index in [9.17, 15) is 4.39 Å². The Morgan fingerprint density at radius 3 is 2.69 bits per heavy atom. The summed E-state index contributed by atoms with van der Waals surface area (Å²) in [5.74, 6) is 0.490. The predicted octanol–water partition coefficient (Wildman–Crippen LogP) is 4.29. The largest absolute Gasteiger partial charge is 0.244 e. The van der Waals surface area contributed by atoms with Crippen LogP contribution >= 0.6 is 27.7 Å². The van der Waals surface area contributed by atoms with E-state index in [2.05, 4.69) is 15.9 Å². The minimum atomic E-state index is -1.10. The first kappa shape index (κ1) is 11.1. The van der Waals surface area contributed by atoms with Crippen molar-refractivity contribution < 1.29 is 4.39 Å². The standard InChI is InChI=1S/C10H12BrFS/c1-10(2,12)7-13-9-5-3-4-8(11)6-9/h3-6H,7H2,1-2H3. The lowest BCUT2D eigenvalue weighted by Gasteiger charge is -2.12. The molecule has 0 fully saturated rings. The minimum absolute atomic E-state index is 0.490. The molecular weight excluding hydrogens is 251 g/mol. The van der Waals surface area contributed by atoms with Crippen molar-refractivity contribution in [1.82, 2.24) is 0 Å². The normalized spacial score (nSPS) is 11.7. The Morgan fingerprint density at radius 2 is 2.15 bits per heavy atom. The molecule has 0 N–H and O–H groups in total. The van der Waals surface area contributed by atoms with Gasteiger partial charge in [0, 0.05) is 15.1 Å². The lowest BCUT2D eigenvalue weighted by molar-refractivity contribution is 0.253. The highest BCUT2D eigenvalue weighted by molar-refractivity contribution is 9.10. The number of benzene rings is 1. The summed E-state index contributed by atoms with van der Waals surface area (Å²) in [5, 5.41) is 0.